The molecule has 2 amide bonds. The van der Waals surface area contributed by atoms with Crippen molar-refractivity contribution in [3.63, 3.8) is 0 Å². The minimum absolute atomic E-state index is 0.0793. The zero-order valence-corrected chi connectivity index (χ0v) is 19.4. The number of aliphatic hydroxyl groups excluding tert-OH is 1. The minimum Gasteiger partial charge on any atom is -0.481 e. The van der Waals surface area contributed by atoms with Gasteiger partial charge in [0.2, 0.25) is 11.8 Å². The molecular formula is C24H38N2O6. The lowest BCUT2D eigenvalue weighted by Crippen LogP contribution is -2.56. The number of hydrogen-bond acceptors (Lipinski definition) is 5. The average Bonchev–Trinajstić information content (AvgIpc) is 3.31. The zero-order valence-electron chi connectivity index (χ0n) is 19.4. The number of ether oxygens (including phenoxy) is 1. The molecule has 3 aliphatic rings. The molecule has 2 bridgehead atoms. The molecule has 3 rings (SSSR count). The molecule has 2 unspecified atom stereocenters. The van der Waals surface area contributed by atoms with Gasteiger partial charge in [-0.25, -0.2) is 0 Å². The van der Waals surface area contributed by atoms with E-state index < -0.39 is 35.0 Å². The molecule has 8 nitrogen and oxygen atoms in total. The van der Waals surface area contributed by atoms with Crippen LogP contribution >= 0.6 is 0 Å². The first-order valence-electron chi connectivity index (χ1n) is 12.0. The van der Waals surface area contributed by atoms with Crippen LogP contribution in [-0.4, -0.2) is 81.3 Å². The van der Waals surface area contributed by atoms with Crippen LogP contribution in [0.1, 0.15) is 65.2 Å². The van der Waals surface area contributed by atoms with E-state index in [4.69, 9.17) is 9.84 Å². The van der Waals surface area contributed by atoms with Crippen molar-refractivity contribution >= 4 is 17.8 Å². The van der Waals surface area contributed by atoms with Crippen molar-refractivity contribution in [3.05, 3.63) is 12.7 Å². The van der Waals surface area contributed by atoms with Crippen molar-refractivity contribution in [2.24, 2.45) is 11.8 Å². The van der Waals surface area contributed by atoms with Crippen LogP contribution in [0.15, 0.2) is 12.7 Å². The highest BCUT2D eigenvalue weighted by Crippen LogP contribution is 2.63. The third-order valence-corrected chi connectivity index (χ3v) is 7.53. The molecular weight excluding hydrogens is 412 g/mol. The topological polar surface area (TPSA) is 107 Å². The maximum Gasteiger partial charge on any atom is 0.310 e. The molecule has 2 N–H and O–H groups in total. The van der Waals surface area contributed by atoms with Gasteiger partial charge in [-0.15, -0.1) is 6.58 Å². The van der Waals surface area contributed by atoms with Crippen LogP contribution in [0.5, 0.6) is 0 Å². The zero-order chi connectivity index (χ0) is 23.5. The Morgan fingerprint density at radius 1 is 1.25 bits per heavy atom. The molecule has 32 heavy (non-hydrogen) atoms. The molecule has 8 heteroatoms. The first-order valence-corrected chi connectivity index (χ1v) is 12.0. The Balaban J connectivity index is 1.95. The second kappa shape index (κ2) is 9.91. The molecule has 3 fully saturated rings. The van der Waals surface area contributed by atoms with Gasteiger partial charge in [0.05, 0.1) is 17.4 Å². The SMILES string of the molecule is C=CCN(CCCCC)C(=O)C1N(CCCCCO)C(=O)[C@@H]2[C@H](C(=O)O)[C@]3(C)CCC12O3. The third-order valence-electron chi connectivity index (χ3n) is 7.53. The minimum atomic E-state index is -1.09. The van der Waals surface area contributed by atoms with E-state index in [1.807, 2.05) is 0 Å². The van der Waals surface area contributed by atoms with Crippen molar-refractivity contribution in [1.82, 2.24) is 9.80 Å². The molecule has 3 heterocycles. The summed E-state index contributed by atoms with van der Waals surface area (Å²) >= 11 is 0. The number of fused-ring (bicyclic) bond motifs is 1. The second-order valence-corrected chi connectivity index (χ2v) is 9.66. The molecule has 1 spiro atoms. The van der Waals surface area contributed by atoms with Gasteiger partial charge in [-0.3, -0.25) is 14.4 Å². The maximum atomic E-state index is 13.9. The second-order valence-electron chi connectivity index (χ2n) is 9.66. The Hall–Kier alpha value is -1.93. The number of carboxylic acid groups (broad SMARTS) is 1. The van der Waals surface area contributed by atoms with E-state index in [0.717, 1.165) is 25.7 Å². The van der Waals surface area contributed by atoms with Crippen LogP contribution in [0.2, 0.25) is 0 Å². The highest BCUT2D eigenvalue weighted by Gasteiger charge is 2.78. The van der Waals surface area contributed by atoms with Gasteiger partial charge in [0.25, 0.3) is 0 Å². The summed E-state index contributed by atoms with van der Waals surface area (Å²) in [6.07, 6.45) is 7.60. The molecule has 5 atom stereocenters. The van der Waals surface area contributed by atoms with Gasteiger partial charge in [0.15, 0.2) is 0 Å². The standard InChI is InChI=1S/C24H38N2O6/c1-4-6-8-14-25(13-5-2)21(29)19-24-12-11-23(3,32-24)18(22(30)31)17(24)20(28)26(19)15-9-7-10-16-27/h5,17-19,27H,2,4,6-16H2,1,3H3,(H,30,31)/t17-,18+,19?,23-,24?/m0/s1. The fourth-order valence-electron chi connectivity index (χ4n) is 6.07. The summed E-state index contributed by atoms with van der Waals surface area (Å²) in [5.41, 5.74) is -2.02. The predicted molar refractivity (Wildman–Crippen MR) is 119 cm³/mol. The number of nitrogens with zero attached hydrogens (tertiary/aromatic N) is 2. The number of carbonyl (C=O) groups is 3. The van der Waals surface area contributed by atoms with Gasteiger partial charge in [-0.2, -0.15) is 0 Å². The molecule has 0 aromatic rings. The van der Waals surface area contributed by atoms with Gasteiger partial charge >= 0.3 is 5.97 Å². The Morgan fingerprint density at radius 2 is 2.00 bits per heavy atom. The van der Waals surface area contributed by atoms with Crippen molar-refractivity contribution < 1.29 is 29.3 Å². The first-order chi connectivity index (χ1) is 15.3. The number of rotatable bonds is 13. The van der Waals surface area contributed by atoms with Crippen LogP contribution in [0.4, 0.5) is 0 Å². The summed E-state index contributed by atoms with van der Waals surface area (Å²) in [6, 6.07) is -0.818. The molecule has 0 aromatic heterocycles. The van der Waals surface area contributed by atoms with Crippen molar-refractivity contribution in [2.45, 2.75) is 82.5 Å². The van der Waals surface area contributed by atoms with Gasteiger partial charge in [-0.1, -0.05) is 25.8 Å². The Labute approximate surface area is 190 Å². The highest BCUT2D eigenvalue weighted by molar-refractivity contribution is 5.98. The fraction of sp³-hybridized carbons (Fsp3) is 0.792. The predicted octanol–water partition coefficient (Wildman–Crippen LogP) is 2.20. The van der Waals surface area contributed by atoms with Gasteiger partial charge in [0, 0.05) is 26.2 Å². The van der Waals surface area contributed by atoms with E-state index in [2.05, 4.69) is 13.5 Å². The number of carboxylic acids is 1. The third kappa shape index (κ3) is 4.07. The normalized spacial score (nSPS) is 32.9. The molecule has 180 valence electrons. The average molecular weight is 451 g/mol. The van der Waals surface area contributed by atoms with Crippen molar-refractivity contribution in [2.75, 3.05) is 26.2 Å². The van der Waals surface area contributed by atoms with E-state index in [1.54, 1.807) is 22.8 Å². The van der Waals surface area contributed by atoms with Gasteiger partial charge in [0.1, 0.15) is 11.6 Å². The van der Waals surface area contributed by atoms with Crippen LogP contribution in [-0.2, 0) is 19.1 Å². The number of likely N-dealkylation sites (tertiary alicyclic amines) is 1. The van der Waals surface area contributed by atoms with E-state index >= 15 is 0 Å². The van der Waals surface area contributed by atoms with E-state index in [0.29, 0.717) is 45.3 Å². The van der Waals surface area contributed by atoms with Crippen LogP contribution in [0.3, 0.4) is 0 Å². The lowest BCUT2D eigenvalue weighted by molar-refractivity contribution is -0.156. The summed E-state index contributed by atoms with van der Waals surface area (Å²) in [6.45, 7) is 9.05. The number of carbonyl (C=O) groups excluding carboxylic acids is 2. The molecule has 0 aliphatic carbocycles. The van der Waals surface area contributed by atoms with E-state index in [9.17, 15) is 19.5 Å². The first kappa shape index (κ1) is 24.7. The molecule has 3 saturated heterocycles. The molecule has 0 saturated carbocycles. The number of hydrogen-bond donors (Lipinski definition) is 2. The monoisotopic (exact) mass is 450 g/mol. The highest BCUT2D eigenvalue weighted by atomic mass is 16.5. The maximum absolute atomic E-state index is 13.9. The fourth-order valence-corrected chi connectivity index (χ4v) is 6.07. The lowest BCUT2D eigenvalue weighted by atomic mass is 9.66. The molecule has 3 aliphatic heterocycles. The summed E-state index contributed by atoms with van der Waals surface area (Å²) in [4.78, 5) is 43.0. The number of aliphatic hydroxyl groups is 1. The van der Waals surface area contributed by atoms with Crippen LogP contribution in [0.25, 0.3) is 0 Å². The smallest absolute Gasteiger partial charge is 0.310 e. The molecule has 0 aromatic carbocycles. The van der Waals surface area contributed by atoms with Crippen LogP contribution in [0, 0.1) is 11.8 Å². The Kier molecular flexibility index (Phi) is 7.65. The van der Waals surface area contributed by atoms with Crippen molar-refractivity contribution in [1.29, 1.82) is 0 Å². The van der Waals surface area contributed by atoms with Gasteiger partial charge in [-0.05, 0) is 45.4 Å². The number of aliphatic carboxylic acids is 1. The van der Waals surface area contributed by atoms with E-state index in [-0.39, 0.29) is 18.4 Å². The summed E-state index contributed by atoms with van der Waals surface area (Å²) in [7, 11) is 0. The van der Waals surface area contributed by atoms with Crippen LogP contribution < -0.4 is 0 Å². The Bertz CT molecular complexity index is 742. The largest absolute Gasteiger partial charge is 0.481 e. The number of amides is 2. The van der Waals surface area contributed by atoms with Gasteiger partial charge < -0.3 is 24.7 Å². The quantitative estimate of drug-likeness (QED) is 0.329. The summed E-state index contributed by atoms with van der Waals surface area (Å²) in [5, 5.41) is 19.1. The Morgan fingerprint density at radius 3 is 2.62 bits per heavy atom. The summed E-state index contributed by atoms with van der Waals surface area (Å²) < 4.78 is 6.40. The lowest BCUT2D eigenvalue weighted by Gasteiger charge is -2.37. The number of unbranched alkanes of at least 4 members (excludes halogenated alkanes) is 4. The van der Waals surface area contributed by atoms with Crippen molar-refractivity contribution in [3.8, 4) is 0 Å². The van der Waals surface area contributed by atoms with E-state index in [1.165, 1.54) is 0 Å². The molecule has 0 radical (unpaired) electrons. The summed E-state index contributed by atoms with van der Waals surface area (Å²) in [5.74, 6) is -3.28.